The molecule has 12 N–H and O–H groups in total. The van der Waals surface area contributed by atoms with E-state index in [4.69, 9.17) is 0 Å². The second-order valence-electron chi connectivity index (χ2n) is 0. The molecule has 0 aromatic rings. The van der Waals surface area contributed by atoms with Crippen LogP contribution in [-0.4, -0.2) is 0 Å². The van der Waals surface area contributed by atoms with E-state index in [1.165, 1.54) is 0 Å². The van der Waals surface area contributed by atoms with Crippen molar-refractivity contribution in [3.05, 3.63) is 36.9 Å². The number of hydrogen-bond donors (Lipinski definition) is 0. The molecule has 10 heteroatoms. The zero-order chi connectivity index (χ0) is 0. The summed E-state index contributed by atoms with van der Waals surface area (Å²) in [7, 11) is 0. The van der Waals surface area contributed by atoms with Crippen LogP contribution in [-0.2, 0) is 17.4 Å². The van der Waals surface area contributed by atoms with E-state index in [1.54, 1.807) is 0 Å². The summed E-state index contributed by atoms with van der Waals surface area (Å²) in [5.41, 5.74) is 0. The minimum atomic E-state index is 0. The molecule has 0 bridgehead atoms. The van der Waals surface area contributed by atoms with Gasteiger partial charge in [0.25, 0.3) is 0 Å². The molecule has 0 aromatic carbocycles. The van der Waals surface area contributed by atoms with Crippen LogP contribution in [0.15, 0.2) is 0 Å². The largest absolute Gasteiger partial charge is 3.00 e. The van der Waals surface area contributed by atoms with E-state index in [1.807, 2.05) is 0 Å². The fourth-order valence-corrected chi connectivity index (χ4v) is 0. The summed E-state index contributed by atoms with van der Waals surface area (Å²) < 4.78 is 0. The standard InChI is InChI=1S/Cr.3K.6H2N/h;;;;6*1H2/q+3;3*+1;6*-1. The molecule has 0 aliphatic rings. The minimum absolute atomic E-state index is 0. The molecule has 0 amide bonds. The second kappa shape index (κ2) is 91.5. The summed E-state index contributed by atoms with van der Waals surface area (Å²) in [6.45, 7) is 0. The third-order valence-corrected chi connectivity index (χ3v) is 0. The first-order chi connectivity index (χ1) is 0. The van der Waals surface area contributed by atoms with Crippen molar-refractivity contribution in [2.45, 2.75) is 0 Å². The topological polar surface area (TPSA) is 201 Å². The van der Waals surface area contributed by atoms with Gasteiger partial charge in [-0.25, -0.2) is 0 Å². The monoisotopic (exact) mass is 265 g/mol. The predicted octanol–water partition coefficient (Wildman–Crippen LogP) is -4.69. The van der Waals surface area contributed by atoms with E-state index >= 15 is 0 Å². The van der Waals surface area contributed by atoms with Gasteiger partial charge in [0, 0.05) is 0 Å². The Morgan fingerprint density at radius 1 is 0.300 bits per heavy atom. The SMILES string of the molecule is [Cr+3].[K+].[K+].[K+].[NH2-].[NH2-].[NH2-].[NH2-].[NH2-].[NH2-]. The normalized spacial score (nSPS) is 0. The Hall–Kier alpha value is 5.20. The molecule has 0 aliphatic heterocycles. The molecular formula is H12CrK3N6. The maximum absolute atomic E-state index is 0. The average molecular weight is 265 g/mol. The predicted molar refractivity (Wildman–Crippen MR) is 31.7 cm³/mol. The molecule has 0 saturated carbocycles. The van der Waals surface area contributed by atoms with Gasteiger partial charge < -0.3 is 36.9 Å². The zero-order valence-electron chi connectivity index (χ0n) is 6.87. The second-order valence-corrected chi connectivity index (χ2v) is 0. The molecule has 0 rings (SSSR count). The van der Waals surface area contributed by atoms with Crippen molar-refractivity contribution in [2.75, 3.05) is 0 Å². The van der Waals surface area contributed by atoms with E-state index in [2.05, 4.69) is 0 Å². The van der Waals surface area contributed by atoms with E-state index < -0.39 is 0 Å². The van der Waals surface area contributed by atoms with Gasteiger partial charge in [-0.2, -0.15) is 0 Å². The Balaban J connectivity index is 0. The van der Waals surface area contributed by atoms with Crippen molar-refractivity contribution in [1.82, 2.24) is 0 Å². The molecule has 0 spiro atoms. The Bertz CT molecular complexity index is 13.0. The first kappa shape index (κ1) is 113. The van der Waals surface area contributed by atoms with Gasteiger partial charge in [0.15, 0.2) is 0 Å². The molecule has 0 atom stereocenters. The van der Waals surface area contributed by atoms with E-state index in [-0.39, 0.29) is 208 Å². The molecule has 0 heterocycles. The van der Waals surface area contributed by atoms with Gasteiger partial charge in [-0.05, 0) is 0 Å². The van der Waals surface area contributed by atoms with Gasteiger partial charge in [0.1, 0.15) is 0 Å². The van der Waals surface area contributed by atoms with Crippen molar-refractivity contribution in [3.8, 4) is 0 Å². The first-order valence-electron chi connectivity index (χ1n) is 0. The summed E-state index contributed by atoms with van der Waals surface area (Å²) in [4.78, 5) is 0. The fourth-order valence-electron chi connectivity index (χ4n) is 0. The summed E-state index contributed by atoms with van der Waals surface area (Å²) in [6.07, 6.45) is 0. The Morgan fingerprint density at radius 2 is 0.300 bits per heavy atom. The Labute approximate surface area is 202 Å². The summed E-state index contributed by atoms with van der Waals surface area (Å²) in [5.74, 6) is 0. The van der Waals surface area contributed by atoms with Crippen molar-refractivity contribution in [1.29, 1.82) is 0 Å². The molecule has 6 nitrogen and oxygen atoms in total. The molecule has 0 saturated heterocycles. The van der Waals surface area contributed by atoms with Crippen LogP contribution in [0, 0.1) is 0 Å². The van der Waals surface area contributed by atoms with Gasteiger partial charge in [0.05, 0.1) is 0 Å². The fraction of sp³-hybridized carbons (Fsp3) is 0. The van der Waals surface area contributed by atoms with E-state index in [0.29, 0.717) is 0 Å². The van der Waals surface area contributed by atoms with E-state index in [0.717, 1.165) is 0 Å². The molecule has 0 aliphatic carbocycles. The first-order valence-corrected chi connectivity index (χ1v) is 0. The third kappa shape index (κ3) is 72.6. The van der Waals surface area contributed by atoms with Crippen molar-refractivity contribution in [3.63, 3.8) is 0 Å². The van der Waals surface area contributed by atoms with Crippen LogP contribution in [0.2, 0.25) is 0 Å². The van der Waals surface area contributed by atoms with Crippen LogP contribution in [0.3, 0.4) is 0 Å². The molecule has 1 radical (unpaired) electrons. The number of hydrogen-bond acceptors (Lipinski definition) is 0. The average Bonchev–Trinajstić information content (AvgIpc) is 0. The smallest absolute Gasteiger partial charge is 0.693 e. The molecule has 0 fully saturated rings. The van der Waals surface area contributed by atoms with Gasteiger partial charge in [0.2, 0.25) is 0 Å². The van der Waals surface area contributed by atoms with Crippen molar-refractivity contribution >= 4 is 0 Å². The van der Waals surface area contributed by atoms with Crippen LogP contribution in [0.25, 0.3) is 36.9 Å². The Kier molecular flexibility index (Phi) is 1040. The molecule has 51 valence electrons. The van der Waals surface area contributed by atoms with Crippen molar-refractivity contribution < 1.29 is 172 Å². The maximum Gasteiger partial charge on any atom is 3.00 e. The zero-order valence-corrected chi connectivity index (χ0v) is 17.5. The molecule has 10 heavy (non-hydrogen) atoms. The van der Waals surface area contributed by atoms with Gasteiger partial charge >= 0.3 is 172 Å². The van der Waals surface area contributed by atoms with Crippen LogP contribution >= 0.6 is 0 Å². The van der Waals surface area contributed by atoms with Crippen LogP contribution in [0.4, 0.5) is 0 Å². The van der Waals surface area contributed by atoms with Crippen molar-refractivity contribution in [2.24, 2.45) is 0 Å². The van der Waals surface area contributed by atoms with Gasteiger partial charge in [-0.15, -0.1) is 0 Å². The van der Waals surface area contributed by atoms with Crippen LogP contribution in [0.5, 0.6) is 0 Å². The molecule has 0 aromatic heterocycles. The van der Waals surface area contributed by atoms with Gasteiger partial charge in [-0.3, -0.25) is 0 Å². The maximum atomic E-state index is 0. The third-order valence-electron chi connectivity index (χ3n) is 0. The minimum Gasteiger partial charge on any atom is -0.693 e. The number of rotatable bonds is 0. The summed E-state index contributed by atoms with van der Waals surface area (Å²) in [6, 6.07) is 0. The summed E-state index contributed by atoms with van der Waals surface area (Å²) >= 11 is 0. The van der Waals surface area contributed by atoms with Gasteiger partial charge in [-0.1, -0.05) is 0 Å². The quantitative estimate of drug-likeness (QED) is 0.379. The van der Waals surface area contributed by atoms with Crippen LogP contribution < -0.4 is 154 Å². The Morgan fingerprint density at radius 3 is 0.300 bits per heavy atom. The number of nitrogens with two attached hydrogens (primary N) is 6. The van der Waals surface area contributed by atoms with Crippen LogP contribution in [0.1, 0.15) is 0 Å². The van der Waals surface area contributed by atoms with E-state index in [9.17, 15) is 0 Å². The molecule has 0 unspecified atom stereocenters. The molecular weight excluding hydrogens is 253 g/mol. The summed E-state index contributed by atoms with van der Waals surface area (Å²) in [5, 5.41) is 0.